The first-order valence-electron chi connectivity index (χ1n) is 4.84. The van der Waals surface area contributed by atoms with Gasteiger partial charge < -0.3 is 5.32 Å². The van der Waals surface area contributed by atoms with E-state index in [2.05, 4.69) is 17.1 Å². The van der Waals surface area contributed by atoms with Crippen LogP contribution in [0.1, 0.15) is 26.2 Å². The summed E-state index contributed by atoms with van der Waals surface area (Å²) in [6.45, 7) is 6.16. The van der Waals surface area contributed by atoms with E-state index >= 15 is 0 Å². The van der Waals surface area contributed by atoms with E-state index in [4.69, 9.17) is 0 Å². The molecular formula is C9H18N2. The maximum Gasteiger partial charge on any atom is 0.0235 e. The Morgan fingerprint density at radius 3 is 2.82 bits per heavy atom. The molecule has 0 amide bonds. The van der Waals surface area contributed by atoms with E-state index in [-0.39, 0.29) is 0 Å². The highest BCUT2D eigenvalue weighted by Crippen LogP contribution is 2.21. The van der Waals surface area contributed by atoms with Crippen molar-refractivity contribution in [3.05, 3.63) is 0 Å². The lowest BCUT2D eigenvalue weighted by Crippen LogP contribution is -2.38. The molecule has 0 bridgehead atoms. The molecular weight excluding hydrogens is 136 g/mol. The molecule has 2 nitrogen and oxygen atoms in total. The van der Waals surface area contributed by atoms with Gasteiger partial charge in [0.05, 0.1) is 0 Å². The molecule has 64 valence electrons. The minimum absolute atomic E-state index is 0.847. The molecule has 0 spiro atoms. The molecule has 0 saturated carbocycles. The third kappa shape index (κ3) is 1.42. The monoisotopic (exact) mass is 154 g/mol. The van der Waals surface area contributed by atoms with Crippen molar-refractivity contribution in [3.63, 3.8) is 0 Å². The maximum absolute atomic E-state index is 3.43. The molecule has 2 heterocycles. The SMILES string of the molecule is C[C@@H]1CCCN1C1CCNC1. The first-order chi connectivity index (χ1) is 5.38. The number of rotatable bonds is 1. The molecule has 0 aromatic carbocycles. The van der Waals surface area contributed by atoms with Crippen LogP contribution in [0.4, 0.5) is 0 Å². The molecule has 2 rings (SSSR count). The van der Waals surface area contributed by atoms with Crippen molar-refractivity contribution in [2.45, 2.75) is 38.3 Å². The van der Waals surface area contributed by atoms with Crippen molar-refractivity contribution >= 4 is 0 Å². The summed E-state index contributed by atoms with van der Waals surface area (Å²) < 4.78 is 0. The van der Waals surface area contributed by atoms with E-state index in [1.165, 1.54) is 38.9 Å². The lowest BCUT2D eigenvalue weighted by Gasteiger charge is -2.27. The number of nitrogens with zero attached hydrogens (tertiary/aromatic N) is 1. The van der Waals surface area contributed by atoms with Crippen LogP contribution in [0.25, 0.3) is 0 Å². The average Bonchev–Trinajstić information content (AvgIpc) is 2.55. The fraction of sp³-hybridized carbons (Fsp3) is 1.00. The maximum atomic E-state index is 3.43. The van der Waals surface area contributed by atoms with Crippen LogP contribution in [0.15, 0.2) is 0 Å². The topological polar surface area (TPSA) is 15.3 Å². The quantitative estimate of drug-likeness (QED) is 0.602. The lowest BCUT2D eigenvalue weighted by atomic mass is 10.2. The van der Waals surface area contributed by atoms with Gasteiger partial charge in [0.15, 0.2) is 0 Å². The fourth-order valence-corrected chi connectivity index (χ4v) is 2.42. The van der Waals surface area contributed by atoms with Gasteiger partial charge in [0.2, 0.25) is 0 Å². The Hall–Kier alpha value is -0.0800. The van der Waals surface area contributed by atoms with Crippen LogP contribution in [0.3, 0.4) is 0 Å². The van der Waals surface area contributed by atoms with Crippen molar-refractivity contribution < 1.29 is 0 Å². The van der Waals surface area contributed by atoms with Crippen molar-refractivity contribution in [1.29, 1.82) is 0 Å². The fourth-order valence-electron chi connectivity index (χ4n) is 2.42. The van der Waals surface area contributed by atoms with Crippen molar-refractivity contribution in [3.8, 4) is 0 Å². The zero-order valence-electron chi connectivity index (χ0n) is 7.34. The van der Waals surface area contributed by atoms with Crippen LogP contribution in [0, 0.1) is 0 Å². The van der Waals surface area contributed by atoms with Crippen molar-refractivity contribution in [2.24, 2.45) is 0 Å². The second-order valence-corrected chi connectivity index (χ2v) is 3.88. The van der Waals surface area contributed by atoms with E-state index in [1.807, 2.05) is 0 Å². The first-order valence-corrected chi connectivity index (χ1v) is 4.84. The molecule has 2 fully saturated rings. The Kier molecular flexibility index (Phi) is 2.14. The molecule has 0 aromatic rings. The van der Waals surface area contributed by atoms with Crippen LogP contribution in [-0.2, 0) is 0 Å². The van der Waals surface area contributed by atoms with Gasteiger partial charge in [0, 0.05) is 18.6 Å². The molecule has 0 aromatic heterocycles. The van der Waals surface area contributed by atoms with E-state index < -0.39 is 0 Å². The summed E-state index contributed by atoms with van der Waals surface area (Å²) in [7, 11) is 0. The number of hydrogen-bond acceptors (Lipinski definition) is 2. The van der Waals surface area contributed by atoms with Gasteiger partial charge in [-0.1, -0.05) is 0 Å². The predicted octanol–water partition coefficient (Wildman–Crippen LogP) is 0.833. The third-order valence-electron chi connectivity index (χ3n) is 3.11. The minimum Gasteiger partial charge on any atom is -0.315 e. The molecule has 2 saturated heterocycles. The summed E-state index contributed by atoms with van der Waals surface area (Å²) in [6.07, 6.45) is 4.19. The summed E-state index contributed by atoms with van der Waals surface area (Å²) in [5.74, 6) is 0. The molecule has 0 aliphatic carbocycles. The summed E-state index contributed by atoms with van der Waals surface area (Å²) in [4.78, 5) is 2.68. The number of nitrogens with one attached hydrogen (secondary N) is 1. The Bertz CT molecular complexity index is 130. The van der Waals surface area contributed by atoms with Crippen LogP contribution < -0.4 is 5.32 Å². The van der Waals surface area contributed by atoms with Crippen LogP contribution in [-0.4, -0.2) is 36.6 Å². The standard InChI is InChI=1S/C9H18N2/c1-8-3-2-6-11(8)9-4-5-10-7-9/h8-10H,2-7H2,1H3/t8-,9?/m1/s1. The normalized spacial score (nSPS) is 40.1. The van der Waals surface area contributed by atoms with Gasteiger partial charge in [-0.25, -0.2) is 0 Å². The molecule has 1 N–H and O–H groups in total. The van der Waals surface area contributed by atoms with Gasteiger partial charge in [-0.3, -0.25) is 4.90 Å². The lowest BCUT2D eigenvalue weighted by molar-refractivity contribution is 0.202. The van der Waals surface area contributed by atoms with Crippen LogP contribution >= 0.6 is 0 Å². The second-order valence-electron chi connectivity index (χ2n) is 3.88. The second kappa shape index (κ2) is 3.11. The number of hydrogen-bond donors (Lipinski definition) is 1. The smallest absolute Gasteiger partial charge is 0.0235 e. The highest BCUT2D eigenvalue weighted by molar-refractivity contribution is 4.86. The molecule has 0 radical (unpaired) electrons. The van der Waals surface area contributed by atoms with Gasteiger partial charge in [-0.2, -0.15) is 0 Å². The zero-order chi connectivity index (χ0) is 7.68. The first kappa shape index (κ1) is 7.56. The number of likely N-dealkylation sites (tertiary alicyclic amines) is 1. The van der Waals surface area contributed by atoms with E-state index in [1.54, 1.807) is 0 Å². The van der Waals surface area contributed by atoms with Crippen molar-refractivity contribution in [2.75, 3.05) is 19.6 Å². The Morgan fingerprint density at radius 1 is 1.36 bits per heavy atom. The molecule has 11 heavy (non-hydrogen) atoms. The highest BCUT2D eigenvalue weighted by atomic mass is 15.2. The highest BCUT2D eigenvalue weighted by Gasteiger charge is 2.29. The predicted molar refractivity (Wildman–Crippen MR) is 46.7 cm³/mol. The van der Waals surface area contributed by atoms with Gasteiger partial charge in [0.25, 0.3) is 0 Å². The van der Waals surface area contributed by atoms with Gasteiger partial charge >= 0.3 is 0 Å². The summed E-state index contributed by atoms with van der Waals surface area (Å²) in [5, 5.41) is 3.43. The average molecular weight is 154 g/mol. The van der Waals surface area contributed by atoms with Crippen LogP contribution in [0.5, 0.6) is 0 Å². The Morgan fingerprint density at radius 2 is 2.27 bits per heavy atom. The third-order valence-corrected chi connectivity index (χ3v) is 3.11. The molecule has 2 heteroatoms. The zero-order valence-corrected chi connectivity index (χ0v) is 7.34. The Labute approximate surface area is 69.0 Å². The minimum atomic E-state index is 0.847. The van der Waals surface area contributed by atoms with Crippen LogP contribution in [0.2, 0.25) is 0 Å². The Balaban J connectivity index is 1.92. The van der Waals surface area contributed by atoms with Gasteiger partial charge in [0.1, 0.15) is 0 Å². The molecule has 2 aliphatic heterocycles. The van der Waals surface area contributed by atoms with Gasteiger partial charge in [-0.05, 0) is 39.3 Å². The molecule has 2 atom stereocenters. The summed E-state index contributed by atoms with van der Waals surface area (Å²) >= 11 is 0. The summed E-state index contributed by atoms with van der Waals surface area (Å²) in [6, 6.07) is 1.70. The van der Waals surface area contributed by atoms with Gasteiger partial charge in [-0.15, -0.1) is 0 Å². The van der Waals surface area contributed by atoms with Crippen molar-refractivity contribution in [1.82, 2.24) is 10.2 Å². The van der Waals surface area contributed by atoms with E-state index in [9.17, 15) is 0 Å². The molecule has 2 aliphatic rings. The summed E-state index contributed by atoms with van der Waals surface area (Å²) in [5.41, 5.74) is 0. The molecule has 1 unspecified atom stereocenters. The largest absolute Gasteiger partial charge is 0.315 e. The van der Waals surface area contributed by atoms with E-state index in [0.717, 1.165) is 12.1 Å². The van der Waals surface area contributed by atoms with E-state index in [0.29, 0.717) is 0 Å².